The third-order valence-electron chi connectivity index (χ3n) is 3.74. The molecule has 1 aliphatic rings. The van der Waals surface area contributed by atoms with Crippen LogP contribution in [0.2, 0.25) is 5.02 Å². The second-order valence-electron chi connectivity index (χ2n) is 5.30. The second-order valence-corrected chi connectivity index (χ2v) is 5.74. The van der Waals surface area contributed by atoms with Crippen molar-refractivity contribution in [2.45, 2.75) is 25.4 Å². The lowest BCUT2D eigenvalue weighted by molar-refractivity contribution is -0.133. The summed E-state index contributed by atoms with van der Waals surface area (Å²) in [6.45, 7) is 1.92. The molecule has 0 aliphatic carbocycles. The number of halogens is 1. The van der Waals surface area contributed by atoms with Gasteiger partial charge in [-0.3, -0.25) is 4.79 Å². The van der Waals surface area contributed by atoms with Crippen molar-refractivity contribution in [1.29, 1.82) is 0 Å². The average molecular weight is 297 g/mol. The summed E-state index contributed by atoms with van der Waals surface area (Å²) in [5.74, 6) is 0.204. The summed E-state index contributed by atoms with van der Waals surface area (Å²) < 4.78 is 5.30. The van der Waals surface area contributed by atoms with Gasteiger partial charge in [0.2, 0.25) is 5.91 Å². The number of carbonyl (C=O) groups is 1. The van der Waals surface area contributed by atoms with Gasteiger partial charge in [0, 0.05) is 31.8 Å². The molecule has 0 spiro atoms. The lowest BCUT2D eigenvalue weighted by atomic mass is 9.91. The maximum absolute atomic E-state index is 12.4. The summed E-state index contributed by atoms with van der Waals surface area (Å²) in [5, 5.41) is 0.678. The number of carbonyl (C=O) groups excluding carboxylic acids is 1. The summed E-state index contributed by atoms with van der Waals surface area (Å²) >= 11 is 5.95. The Labute approximate surface area is 124 Å². The number of hydrogen-bond acceptors (Lipinski definition) is 3. The van der Waals surface area contributed by atoms with Crippen LogP contribution in [0, 0.1) is 5.92 Å². The highest BCUT2D eigenvalue weighted by Gasteiger charge is 2.28. The number of benzene rings is 1. The summed E-state index contributed by atoms with van der Waals surface area (Å²) in [4.78, 5) is 14.0. The van der Waals surface area contributed by atoms with Gasteiger partial charge in [-0.1, -0.05) is 23.7 Å². The molecule has 1 heterocycles. The highest BCUT2D eigenvalue weighted by atomic mass is 35.5. The van der Waals surface area contributed by atoms with E-state index in [4.69, 9.17) is 22.1 Å². The van der Waals surface area contributed by atoms with Gasteiger partial charge in [0.25, 0.3) is 0 Å². The van der Waals surface area contributed by atoms with Crippen LogP contribution in [0.1, 0.15) is 18.4 Å². The standard InChI is InChI=1S/C15H21ClN2O2/c1-18(10-11-3-2-4-13(16)9-11)15(19)14(17)12-5-7-20-8-6-12/h2-4,9,12,14H,5-8,10,17H2,1H3. The molecule has 0 bridgehead atoms. The van der Waals surface area contributed by atoms with Crippen LogP contribution in [-0.4, -0.2) is 37.1 Å². The number of nitrogens with two attached hydrogens (primary N) is 1. The zero-order valence-electron chi connectivity index (χ0n) is 11.7. The van der Waals surface area contributed by atoms with Crippen molar-refractivity contribution in [2.75, 3.05) is 20.3 Å². The summed E-state index contributed by atoms with van der Waals surface area (Å²) in [6, 6.07) is 7.08. The third kappa shape index (κ3) is 3.95. The molecule has 0 saturated carbocycles. The average Bonchev–Trinajstić information content (AvgIpc) is 2.46. The molecule has 5 heteroatoms. The lowest BCUT2D eigenvalue weighted by Crippen LogP contribution is -2.47. The Morgan fingerprint density at radius 2 is 2.20 bits per heavy atom. The van der Waals surface area contributed by atoms with Crippen LogP contribution >= 0.6 is 11.6 Å². The smallest absolute Gasteiger partial charge is 0.239 e. The van der Waals surface area contributed by atoms with Crippen LogP contribution < -0.4 is 5.73 Å². The number of amides is 1. The van der Waals surface area contributed by atoms with Crippen LogP contribution in [0.5, 0.6) is 0 Å². The van der Waals surface area contributed by atoms with Crippen LogP contribution in [0.3, 0.4) is 0 Å². The number of likely N-dealkylation sites (N-methyl/N-ethyl adjacent to an activating group) is 1. The van der Waals surface area contributed by atoms with E-state index in [1.54, 1.807) is 11.9 Å². The second kappa shape index (κ2) is 7.07. The van der Waals surface area contributed by atoms with Crippen LogP contribution in [0.25, 0.3) is 0 Å². The van der Waals surface area contributed by atoms with Crippen molar-refractivity contribution < 1.29 is 9.53 Å². The SMILES string of the molecule is CN(Cc1cccc(Cl)c1)C(=O)C(N)C1CCOCC1. The number of hydrogen-bond donors (Lipinski definition) is 1. The van der Waals surface area contributed by atoms with Gasteiger partial charge >= 0.3 is 0 Å². The van der Waals surface area contributed by atoms with Gasteiger partial charge in [-0.05, 0) is 36.5 Å². The minimum Gasteiger partial charge on any atom is -0.381 e. The fourth-order valence-corrected chi connectivity index (χ4v) is 2.73. The first kappa shape index (κ1) is 15.3. The van der Waals surface area contributed by atoms with E-state index in [9.17, 15) is 4.79 Å². The Kier molecular flexibility index (Phi) is 5.40. The topological polar surface area (TPSA) is 55.6 Å². The highest BCUT2D eigenvalue weighted by molar-refractivity contribution is 6.30. The van der Waals surface area contributed by atoms with E-state index in [0.29, 0.717) is 24.8 Å². The van der Waals surface area contributed by atoms with Crippen molar-refractivity contribution in [2.24, 2.45) is 11.7 Å². The molecule has 1 amide bonds. The predicted octanol–water partition coefficient (Wildman–Crippen LogP) is 2.05. The largest absolute Gasteiger partial charge is 0.381 e. The van der Waals surface area contributed by atoms with E-state index in [1.807, 2.05) is 24.3 Å². The van der Waals surface area contributed by atoms with Crippen molar-refractivity contribution in [3.05, 3.63) is 34.9 Å². The monoisotopic (exact) mass is 296 g/mol. The van der Waals surface area contributed by atoms with Crippen LogP contribution in [0.15, 0.2) is 24.3 Å². The van der Waals surface area contributed by atoms with Gasteiger partial charge in [0.1, 0.15) is 0 Å². The minimum atomic E-state index is -0.442. The lowest BCUT2D eigenvalue weighted by Gasteiger charge is -2.29. The first-order valence-electron chi connectivity index (χ1n) is 6.90. The molecule has 2 N–H and O–H groups in total. The van der Waals surface area contributed by atoms with E-state index >= 15 is 0 Å². The molecule has 2 rings (SSSR count). The molecule has 1 unspecified atom stereocenters. The highest BCUT2D eigenvalue weighted by Crippen LogP contribution is 2.19. The summed E-state index contributed by atoms with van der Waals surface area (Å²) in [6.07, 6.45) is 1.72. The molecule has 110 valence electrons. The Balaban J connectivity index is 1.93. The van der Waals surface area contributed by atoms with E-state index in [0.717, 1.165) is 18.4 Å². The van der Waals surface area contributed by atoms with Crippen LogP contribution in [0.4, 0.5) is 0 Å². The molecule has 1 saturated heterocycles. The molecule has 4 nitrogen and oxygen atoms in total. The molecule has 1 aliphatic heterocycles. The predicted molar refractivity (Wildman–Crippen MR) is 79.4 cm³/mol. The van der Waals surface area contributed by atoms with Crippen molar-refractivity contribution in [3.63, 3.8) is 0 Å². The Hall–Kier alpha value is -1.10. The zero-order valence-corrected chi connectivity index (χ0v) is 12.5. The van der Waals surface area contributed by atoms with Gasteiger partial charge < -0.3 is 15.4 Å². The maximum Gasteiger partial charge on any atom is 0.239 e. The fraction of sp³-hybridized carbons (Fsp3) is 0.533. The first-order chi connectivity index (χ1) is 9.58. The van der Waals surface area contributed by atoms with E-state index < -0.39 is 6.04 Å². The van der Waals surface area contributed by atoms with Gasteiger partial charge in [0.15, 0.2) is 0 Å². The third-order valence-corrected chi connectivity index (χ3v) is 3.98. The summed E-state index contributed by atoms with van der Waals surface area (Å²) in [5.41, 5.74) is 7.11. The number of ether oxygens (including phenoxy) is 1. The van der Waals surface area contributed by atoms with E-state index in [-0.39, 0.29) is 11.8 Å². The molecule has 0 aromatic heterocycles. The number of rotatable bonds is 4. The maximum atomic E-state index is 12.4. The van der Waals surface area contributed by atoms with Crippen molar-refractivity contribution in [3.8, 4) is 0 Å². The summed E-state index contributed by atoms with van der Waals surface area (Å²) in [7, 11) is 1.78. The van der Waals surface area contributed by atoms with Gasteiger partial charge in [0.05, 0.1) is 6.04 Å². The van der Waals surface area contributed by atoms with Gasteiger partial charge in [-0.15, -0.1) is 0 Å². The zero-order chi connectivity index (χ0) is 14.5. The van der Waals surface area contributed by atoms with Gasteiger partial charge in [-0.2, -0.15) is 0 Å². The Morgan fingerprint density at radius 3 is 2.85 bits per heavy atom. The van der Waals surface area contributed by atoms with E-state index in [1.165, 1.54) is 0 Å². The fourth-order valence-electron chi connectivity index (χ4n) is 2.52. The normalized spacial score (nSPS) is 17.8. The van der Waals surface area contributed by atoms with Crippen LogP contribution in [-0.2, 0) is 16.1 Å². The quantitative estimate of drug-likeness (QED) is 0.925. The first-order valence-corrected chi connectivity index (χ1v) is 7.28. The number of nitrogens with zero attached hydrogens (tertiary/aromatic N) is 1. The molecule has 20 heavy (non-hydrogen) atoms. The minimum absolute atomic E-state index is 0.0168. The molecule has 1 aromatic carbocycles. The van der Waals surface area contributed by atoms with Crippen molar-refractivity contribution >= 4 is 17.5 Å². The molecular formula is C15H21ClN2O2. The molecule has 1 aromatic rings. The van der Waals surface area contributed by atoms with Crippen molar-refractivity contribution in [1.82, 2.24) is 4.90 Å². The van der Waals surface area contributed by atoms with Gasteiger partial charge in [-0.25, -0.2) is 0 Å². The van der Waals surface area contributed by atoms with E-state index in [2.05, 4.69) is 0 Å². The molecule has 1 atom stereocenters. The Bertz CT molecular complexity index is 461. The molecular weight excluding hydrogens is 276 g/mol. The Morgan fingerprint density at radius 1 is 1.50 bits per heavy atom. The molecule has 0 radical (unpaired) electrons. The molecule has 1 fully saturated rings.